The van der Waals surface area contributed by atoms with Gasteiger partial charge in [0.25, 0.3) is 5.91 Å². The Balaban J connectivity index is 0.000000184. The highest BCUT2D eigenvalue weighted by Crippen LogP contribution is 2.01. The molecule has 2 rings (SSSR count). The molecular weight excluding hydrogens is 224 g/mol. The molecule has 0 aliphatic rings. The predicted octanol–water partition coefficient (Wildman–Crippen LogP) is 2.77. The van der Waals surface area contributed by atoms with Gasteiger partial charge >= 0.3 is 0 Å². The number of hydrogen-bond donors (Lipinski definition) is 2. The van der Waals surface area contributed by atoms with Crippen LogP contribution in [-0.4, -0.2) is 20.0 Å². The minimum atomic E-state index is -0.0411. The van der Waals surface area contributed by atoms with E-state index in [2.05, 4.69) is 10.6 Å². The zero-order valence-electron chi connectivity index (χ0n) is 10.7. The van der Waals surface area contributed by atoms with Gasteiger partial charge in [0.05, 0.1) is 0 Å². The summed E-state index contributed by atoms with van der Waals surface area (Å²) < 4.78 is 0. The topological polar surface area (TPSA) is 41.1 Å². The number of hydrogen-bond acceptors (Lipinski definition) is 2. The molecule has 0 aliphatic heterocycles. The van der Waals surface area contributed by atoms with E-state index in [0.717, 1.165) is 5.69 Å². The fourth-order valence-electron chi connectivity index (χ4n) is 1.34. The van der Waals surface area contributed by atoms with E-state index in [9.17, 15) is 4.79 Å². The van der Waals surface area contributed by atoms with Crippen molar-refractivity contribution < 1.29 is 4.79 Å². The van der Waals surface area contributed by atoms with Gasteiger partial charge in [-0.25, -0.2) is 0 Å². The molecule has 2 aromatic carbocycles. The average Bonchev–Trinajstić information content (AvgIpc) is 2.49. The quantitative estimate of drug-likeness (QED) is 0.850. The average molecular weight is 242 g/mol. The summed E-state index contributed by atoms with van der Waals surface area (Å²) >= 11 is 0. The highest BCUT2D eigenvalue weighted by molar-refractivity contribution is 5.93. The number of carbonyl (C=O) groups excluding carboxylic acids is 1. The van der Waals surface area contributed by atoms with Crippen LogP contribution in [0.4, 0.5) is 5.69 Å². The molecule has 0 saturated heterocycles. The lowest BCUT2D eigenvalue weighted by Gasteiger charge is -1.96. The Kier molecular flexibility index (Phi) is 6.04. The van der Waals surface area contributed by atoms with E-state index in [1.165, 1.54) is 0 Å². The van der Waals surface area contributed by atoms with Crippen molar-refractivity contribution in [3.63, 3.8) is 0 Å². The molecule has 0 atom stereocenters. The summed E-state index contributed by atoms with van der Waals surface area (Å²) in [6.45, 7) is 0. The molecule has 0 saturated carbocycles. The molecule has 94 valence electrons. The minimum Gasteiger partial charge on any atom is -0.388 e. The van der Waals surface area contributed by atoms with Crippen LogP contribution in [0.1, 0.15) is 10.4 Å². The van der Waals surface area contributed by atoms with Crippen LogP contribution in [0.15, 0.2) is 60.7 Å². The SMILES string of the molecule is CNC(=O)c1ccccc1.CNc1ccccc1. The predicted molar refractivity (Wildman–Crippen MR) is 75.8 cm³/mol. The van der Waals surface area contributed by atoms with E-state index in [0.29, 0.717) is 5.56 Å². The lowest BCUT2D eigenvalue weighted by atomic mass is 10.2. The maximum absolute atomic E-state index is 10.9. The van der Waals surface area contributed by atoms with Crippen LogP contribution in [0.3, 0.4) is 0 Å². The molecule has 3 heteroatoms. The van der Waals surface area contributed by atoms with E-state index >= 15 is 0 Å². The Morgan fingerprint density at radius 2 is 1.33 bits per heavy atom. The Morgan fingerprint density at radius 3 is 1.72 bits per heavy atom. The van der Waals surface area contributed by atoms with Crippen molar-refractivity contribution >= 4 is 11.6 Å². The Hall–Kier alpha value is -2.29. The van der Waals surface area contributed by atoms with Crippen LogP contribution in [0.25, 0.3) is 0 Å². The summed E-state index contributed by atoms with van der Waals surface area (Å²) in [4.78, 5) is 10.9. The number of anilines is 1. The second-order valence-electron chi connectivity index (χ2n) is 3.56. The van der Waals surface area contributed by atoms with Crippen LogP contribution < -0.4 is 10.6 Å². The molecule has 0 fully saturated rings. The Bertz CT molecular complexity index is 454. The molecule has 0 radical (unpaired) electrons. The van der Waals surface area contributed by atoms with Gasteiger partial charge < -0.3 is 10.6 Å². The lowest BCUT2D eigenvalue weighted by molar-refractivity contribution is 0.0963. The first kappa shape index (κ1) is 13.8. The molecule has 2 N–H and O–H groups in total. The van der Waals surface area contributed by atoms with Crippen molar-refractivity contribution in [2.24, 2.45) is 0 Å². The second-order valence-corrected chi connectivity index (χ2v) is 3.56. The molecule has 0 unspecified atom stereocenters. The maximum Gasteiger partial charge on any atom is 0.251 e. The smallest absolute Gasteiger partial charge is 0.251 e. The third kappa shape index (κ3) is 4.70. The molecule has 1 amide bonds. The molecule has 0 aliphatic carbocycles. The molecule has 0 bridgehead atoms. The molecular formula is C15H18N2O. The van der Waals surface area contributed by atoms with Crippen LogP contribution in [0.2, 0.25) is 0 Å². The standard InChI is InChI=1S/C8H9NO.C7H9N/c1-9-8(10)7-5-3-2-4-6-7;1-8-7-5-3-2-4-6-7/h2-6H,1H3,(H,9,10);2-6,8H,1H3. The number of para-hydroxylation sites is 1. The molecule has 0 heterocycles. The highest BCUT2D eigenvalue weighted by atomic mass is 16.1. The number of amides is 1. The molecule has 3 nitrogen and oxygen atoms in total. The van der Waals surface area contributed by atoms with Gasteiger partial charge in [0.2, 0.25) is 0 Å². The van der Waals surface area contributed by atoms with Crippen LogP contribution in [0, 0.1) is 0 Å². The number of benzene rings is 2. The van der Waals surface area contributed by atoms with Gasteiger partial charge in [-0.2, -0.15) is 0 Å². The molecule has 2 aromatic rings. The van der Waals surface area contributed by atoms with E-state index < -0.39 is 0 Å². The van der Waals surface area contributed by atoms with Crippen molar-refractivity contribution in [1.29, 1.82) is 0 Å². The first-order valence-electron chi connectivity index (χ1n) is 5.78. The zero-order chi connectivity index (χ0) is 13.2. The molecule has 0 spiro atoms. The number of nitrogens with one attached hydrogen (secondary N) is 2. The largest absolute Gasteiger partial charge is 0.388 e. The van der Waals surface area contributed by atoms with Gasteiger partial charge in [0.1, 0.15) is 0 Å². The minimum absolute atomic E-state index is 0.0411. The first-order chi connectivity index (χ1) is 8.77. The van der Waals surface area contributed by atoms with Crippen molar-refractivity contribution in [2.75, 3.05) is 19.4 Å². The monoisotopic (exact) mass is 242 g/mol. The van der Waals surface area contributed by atoms with Crippen LogP contribution in [0.5, 0.6) is 0 Å². The van der Waals surface area contributed by atoms with E-state index in [4.69, 9.17) is 0 Å². The summed E-state index contributed by atoms with van der Waals surface area (Å²) in [5, 5.41) is 5.57. The molecule has 18 heavy (non-hydrogen) atoms. The summed E-state index contributed by atoms with van der Waals surface area (Å²) in [6.07, 6.45) is 0. The van der Waals surface area contributed by atoms with Crippen LogP contribution in [-0.2, 0) is 0 Å². The van der Waals surface area contributed by atoms with Gasteiger partial charge in [-0.15, -0.1) is 0 Å². The van der Waals surface area contributed by atoms with Crippen molar-refractivity contribution in [2.45, 2.75) is 0 Å². The summed E-state index contributed by atoms with van der Waals surface area (Å²) in [7, 11) is 3.53. The van der Waals surface area contributed by atoms with Gasteiger partial charge in [-0.05, 0) is 24.3 Å². The van der Waals surface area contributed by atoms with Crippen molar-refractivity contribution in [3.05, 3.63) is 66.2 Å². The fourth-order valence-corrected chi connectivity index (χ4v) is 1.34. The summed E-state index contributed by atoms with van der Waals surface area (Å²) in [6, 6.07) is 19.2. The maximum atomic E-state index is 10.9. The fraction of sp³-hybridized carbons (Fsp3) is 0.133. The van der Waals surface area contributed by atoms with Gasteiger partial charge in [0, 0.05) is 25.3 Å². The number of rotatable bonds is 2. The van der Waals surface area contributed by atoms with E-state index in [1.807, 2.05) is 55.6 Å². The normalized spacial score (nSPS) is 8.78. The molecule has 0 aromatic heterocycles. The van der Waals surface area contributed by atoms with Gasteiger partial charge in [-0.3, -0.25) is 4.79 Å². The number of carbonyl (C=O) groups is 1. The summed E-state index contributed by atoms with van der Waals surface area (Å²) in [5.74, 6) is -0.0411. The van der Waals surface area contributed by atoms with Crippen LogP contribution >= 0.6 is 0 Å². The van der Waals surface area contributed by atoms with Crippen molar-refractivity contribution in [1.82, 2.24) is 5.32 Å². The van der Waals surface area contributed by atoms with E-state index in [1.54, 1.807) is 19.2 Å². The Labute approximate surface area is 108 Å². The lowest BCUT2D eigenvalue weighted by Crippen LogP contribution is -2.17. The van der Waals surface area contributed by atoms with Gasteiger partial charge in [0.15, 0.2) is 0 Å². The highest BCUT2D eigenvalue weighted by Gasteiger charge is 1.97. The third-order valence-electron chi connectivity index (χ3n) is 2.33. The zero-order valence-corrected chi connectivity index (χ0v) is 10.7. The van der Waals surface area contributed by atoms with E-state index in [-0.39, 0.29) is 5.91 Å². The third-order valence-corrected chi connectivity index (χ3v) is 2.33. The summed E-state index contributed by atoms with van der Waals surface area (Å²) in [5.41, 5.74) is 1.86. The second kappa shape index (κ2) is 7.90. The van der Waals surface area contributed by atoms with Crippen molar-refractivity contribution in [3.8, 4) is 0 Å². The Morgan fingerprint density at radius 1 is 0.833 bits per heavy atom. The first-order valence-corrected chi connectivity index (χ1v) is 5.78. The van der Waals surface area contributed by atoms with Gasteiger partial charge in [-0.1, -0.05) is 36.4 Å².